The van der Waals surface area contributed by atoms with Gasteiger partial charge in [0.05, 0.1) is 18.3 Å². The van der Waals surface area contributed by atoms with Gasteiger partial charge in [-0.05, 0) is 86.5 Å². The molecule has 1 saturated carbocycles. The number of allylic oxidation sites excluding steroid dienone is 2. The summed E-state index contributed by atoms with van der Waals surface area (Å²) in [6.07, 6.45) is 7.44. The maximum absolute atomic E-state index is 12.1. The van der Waals surface area contributed by atoms with E-state index in [1.165, 1.54) is 29.8 Å². The van der Waals surface area contributed by atoms with Crippen molar-refractivity contribution in [1.82, 2.24) is 5.32 Å². The van der Waals surface area contributed by atoms with Crippen LogP contribution in [0.2, 0.25) is 0 Å². The summed E-state index contributed by atoms with van der Waals surface area (Å²) in [4.78, 5) is 38.6. The van der Waals surface area contributed by atoms with Crippen LogP contribution in [0.5, 0.6) is 5.75 Å². The molecular formula is C32H42N2O9. The third kappa shape index (κ3) is 12.5. The lowest BCUT2D eigenvalue weighted by Gasteiger charge is -2.23. The fourth-order valence-electron chi connectivity index (χ4n) is 5.37. The van der Waals surface area contributed by atoms with Crippen LogP contribution >= 0.6 is 0 Å². The van der Waals surface area contributed by atoms with Crippen molar-refractivity contribution in [3.05, 3.63) is 88.0 Å². The number of carbonyl (C=O) groups is 2. The number of hydrogen-bond donors (Lipinski definition) is 4. The molecule has 0 aromatic heterocycles. The molecular weight excluding hydrogens is 556 g/mol. The lowest BCUT2D eigenvalue weighted by Crippen LogP contribution is -2.31. The molecule has 11 heteroatoms. The molecule has 0 unspecified atom stereocenters. The molecule has 4 N–H and O–H groups in total. The maximum Gasteiger partial charge on any atom is 0.330 e. The molecule has 1 aliphatic carbocycles. The Morgan fingerprint density at radius 1 is 1.00 bits per heavy atom. The smallest absolute Gasteiger partial charge is 0.330 e. The average molecular weight is 599 g/mol. The number of benzene rings is 2. The summed E-state index contributed by atoms with van der Waals surface area (Å²) in [6.45, 7) is -0.495. The SMILES string of the molecule is O=C(CCC/C=C\C[C@@H]1[C@@H](CC[C@@H](O)CCc2ccccc2)[C@H](O)C[C@@H]1O)NCC(=O)Oc1ccc(CO[N+](=O)[O-])cc1. The van der Waals surface area contributed by atoms with E-state index in [4.69, 9.17) is 4.74 Å². The first-order valence-corrected chi connectivity index (χ1v) is 14.8. The molecule has 1 amide bonds. The van der Waals surface area contributed by atoms with Crippen molar-refractivity contribution in [3.8, 4) is 5.75 Å². The van der Waals surface area contributed by atoms with Crippen molar-refractivity contribution in [3.63, 3.8) is 0 Å². The van der Waals surface area contributed by atoms with Gasteiger partial charge in [0.2, 0.25) is 5.91 Å². The second kappa shape index (κ2) is 18.0. The van der Waals surface area contributed by atoms with E-state index in [1.807, 2.05) is 42.5 Å². The van der Waals surface area contributed by atoms with Crippen LogP contribution in [-0.4, -0.2) is 57.1 Å². The summed E-state index contributed by atoms with van der Waals surface area (Å²) in [5, 5.41) is 43.3. The number of nitrogens with zero attached hydrogens (tertiary/aromatic N) is 1. The van der Waals surface area contributed by atoms with Gasteiger partial charge in [-0.3, -0.25) is 4.79 Å². The van der Waals surface area contributed by atoms with Gasteiger partial charge in [-0.25, -0.2) is 4.79 Å². The highest BCUT2D eigenvalue weighted by Gasteiger charge is 2.40. The standard InChI is InChI=1S/C32H42N2O9/c35-25(15-12-23-8-4-3-5-9-23)16-19-28-27(29(36)20-30(28)37)10-6-1-2-7-11-31(38)33-21-32(39)43-26-17-13-24(14-18-26)22-42-34(40)41/h1,3-6,8-9,13-14,17-18,25,27-30,35-37H,2,7,10-12,15-16,19-22H2,(H,33,38)/b6-1-/t25-,27+,28+,29-,30+/m0/s1. The lowest BCUT2D eigenvalue weighted by atomic mass is 9.85. The molecule has 1 aliphatic rings. The zero-order valence-electron chi connectivity index (χ0n) is 24.3. The predicted molar refractivity (Wildman–Crippen MR) is 158 cm³/mol. The topological polar surface area (TPSA) is 168 Å². The quantitative estimate of drug-likeness (QED) is 0.0500. The number of hydrogen-bond acceptors (Lipinski definition) is 9. The molecule has 2 aromatic carbocycles. The molecule has 0 radical (unpaired) electrons. The number of ether oxygens (including phenoxy) is 1. The largest absolute Gasteiger partial charge is 0.425 e. The minimum absolute atomic E-state index is 0.0721. The Hall–Kier alpha value is -3.80. The third-order valence-electron chi connectivity index (χ3n) is 7.73. The van der Waals surface area contributed by atoms with Gasteiger partial charge in [-0.1, -0.05) is 54.6 Å². The molecule has 0 bridgehead atoms. The number of esters is 1. The highest BCUT2D eigenvalue weighted by molar-refractivity contribution is 5.82. The highest BCUT2D eigenvalue weighted by atomic mass is 16.9. The molecule has 0 aliphatic heterocycles. The molecule has 5 atom stereocenters. The predicted octanol–water partition coefficient (Wildman–Crippen LogP) is 3.66. The van der Waals surface area contributed by atoms with Gasteiger partial charge in [0.25, 0.3) is 5.09 Å². The number of carbonyl (C=O) groups excluding carboxylic acids is 2. The Kier molecular flexibility index (Phi) is 14.1. The van der Waals surface area contributed by atoms with Crippen LogP contribution in [0.4, 0.5) is 0 Å². The van der Waals surface area contributed by atoms with Gasteiger partial charge in [-0.15, -0.1) is 10.1 Å². The zero-order valence-corrected chi connectivity index (χ0v) is 24.3. The number of aryl methyl sites for hydroxylation is 1. The van der Waals surface area contributed by atoms with Crippen LogP contribution in [0, 0.1) is 22.0 Å². The molecule has 0 saturated heterocycles. The number of nitrogens with one attached hydrogen (secondary N) is 1. The summed E-state index contributed by atoms with van der Waals surface area (Å²) in [6, 6.07) is 16.1. The number of rotatable bonds is 18. The van der Waals surface area contributed by atoms with Crippen LogP contribution < -0.4 is 10.1 Å². The zero-order chi connectivity index (χ0) is 31.0. The first-order chi connectivity index (χ1) is 20.7. The third-order valence-corrected chi connectivity index (χ3v) is 7.73. The molecule has 11 nitrogen and oxygen atoms in total. The van der Waals surface area contributed by atoms with E-state index in [-0.39, 0.29) is 43.1 Å². The number of aliphatic hydroxyl groups excluding tert-OH is 3. The van der Waals surface area contributed by atoms with E-state index < -0.39 is 29.4 Å². The Balaban J connectivity index is 1.28. The van der Waals surface area contributed by atoms with Crippen LogP contribution in [-0.2, 0) is 27.5 Å². The van der Waals surface area contributed by atoms with Crippen molar-refractivity contribution in [2.24, 2.45) is 11.8 Å². The second-order valence-corrected chi connectivity index (χ2v) is 10.9. The Morgan fingerprint density at radius 2 is 1.72 bits per heavy atom. The van der Waals surface area contributed by atoms with E-state index in [1.54, 1.807) is 0 Å². The molecule has 0 heterocycles. The van der Waals surface area contributed by atoms with Gasteiger partial charge >= 0.3 is 5.97 Å². The van der Waals surface area contributed by atoms with Crippen LogP contribution in [0.25, 0.3) is 0 Å². The fraction of sp³-hybridized carbons (Fsp3) is 0.500. The molecule has 3 rings (SSSR count). The van der Waals surface area contributed by atoms with E-state index in [2.05, 4.69) is 10.2 Å². The van der Waals surface area contributed by atoms with Gasteiger partial charge < -0.3 is 30.2 Å². The molecule has 43 heavy (non-hydrogen) atoms. The summed E-state index contributed by atoms with van der Waals surface area (Å²) in [5.74, 6) is -0.823. The number of aliphatic hydroxyl groups is 3. The van der Waals surface area contributed by atoms with E-state index in [0.29, 0.717) is 50.5 Å². The molecule has 2 aromatic rings. The normalized spacial score (nSPS) is 20.5. The minimum Gasteiger partial charge on any atom is -0.425 e. The van der Waals surface area contributed by atoms with E-state index >= 15 is 0 Å². The summed E-state index contributed by atoms with van der Waals surface area (Å²) in [7, 11) is 0. The van der Waals surface area contributed by atoms with Gasteiger partial charge in [0.1, 0.15) is 18.9 Å². The van der Waals surface area contributed by atoms with Crippen molar-refractivity contribution in [2.45, 2.75) is 82.7 Å². The van der Waals surface area contributed by atoms with Gasteiger partial charge in [0.15, 0.2) is 0 Å². The van der Waals surface area contributed by atoms with Crippen molar-refractivity contribution < 1.29 is 39.6 Å². The van der Waals surface area contributed by atoms with E-state index in [9.17, 15) is 35.0 Å². The first-order valence-electron chi connectivity index (χ1n) is 14.8. The minimum atomic E-state index is -0.889. The molecule has 234 valence electrons. The Labute approximate surface area is 251 Å². The molecule has 1 fully saturated rings. The van der Waals surface area contributed by atoms with Crippen molar-refractivity contribution in [1.29, 1.82) is 0 Å². The van der Waals surface area contributed by atoms with Gasteiger partial charge in [0, 0.05) is 6.42 Å². The Morgan fingerprint density at radius 3 is 2.44 bits per heavy atom. The number of amides is 1. The summed E-state index contributed by atoms with van der Waals surface area (Å²) < 4.78 is 5.15. The van der Waals surface area contributed by atoms with Gasteiger partial charge in [-0.2, -0.15) is 0 Å². The monoisotopic (exact) mass is 598 g/mol. The lowest BCUT2D eigenvalue weighted by molar-refractivity contribution is -0.763. The average Bonchev–Trinajstić information content (AvgIpc) is 3.26. The van der Waals surface area contributed by atoms with Crippen LogP contribution in [0.15, 0.2) is 66.7 Å². The highest BCUT2D eigenvalue weighted by Crippen LogP contribution is 2.38. The molecule has 0 spiro atoms. The van der Waals surface area contributed by atoms with Crippen LogP contribution in [0.3, 0.4) is 0 Å². The second-order valence-electron chi connectivity index (χ2n) is 10.9. The van der Waals surface area contributed by atoms with E-state index in [0.717, 1.165) is 6.42 Å². The van der Waals surface area contributed by atoms with Crippen molar-refractivity contribution >= 4 is 11.9 Å². The summed E-state index contributed by atoms with van der Waals surface area (Å²) >= 11 is 0. The van der Waals surface area contributed by atoms with Crippen LogP contribution in [0.1, 0.15) is 62.5 Å². The fourth-order valence-corrected chi connectivity index (χ4v) is 5.37. The van der Waals surface area contributed by atoms with Crippen molar-refractivity contribution in [2.75, 3.05) is 6.54 Å². The Bertz CT molecular complexity index is 1170. The first kappa shape index (κ1) is 33.7. The number of unbranched alkanes of at least 4 members (excludes halogenated alkanes) is 1. The maximum atomic E-state index is 12.1. The summed E-state index contributed by atoms with van der Waals surface area (Å²) in [5.41, 5.74) is 1.73.